The lowest BCUT2D eigenvalue weighted by atomic mass is 10.1. The van der Waals surface area contributed by atoms with Gasteiger partial charge in [0.25, 0.3) is 0 Å². The Labute approximate surface area is 158 Å². The van der Waals surface area contributed by atoms with Crippen molar-refractivity contribution in [2.24, 2.45) is 0 Å². The second-order valence-electron chi connectivity index (χ2n) is 6.81. The minimum Gasteiger partial charge on any atom is -0.497 e. The van der Waals surface area contributed by atoms with Crippen LogP contribution in [0, 0.1) is 0 Å². The van der Waals surface area contributed by atoms with Crippen LogP contribution in [0.1, 0.15) is 29.5 Å². The topological polar surface area (TPSA) is 34.6 Å². The molecule has 1 atom stereocenters. The van der Waals surface area contributed by atoms with Crippen LogP contribution in [0.4, 0.5) is 0 Å². The van der Waals surface area contributed by atoms with Crippen LogP contribution in [0.15, 0.2) is 48.5 Å². The van der Waals surface area contributed by atoms with Crippen LogP contribution in [-0.4, -0.2) is 43.2 Å². The zero-order valence-electron chi connectivity index (χ0n) is 15.2. The molecule has 1 aromatic heterocycles. The number of benzene rings is 2. The van der Waals surface area contributed by atoms with E-state index in [4.69, 9.17) is 14.5 Å². The smallest absolute Gasteiger partial charge is 0.134 e. The second kappa shape index (κ2) is 7.74. The standard InChI is InChI=1S/C21H24N2O2S/c1-23-13-11-17(12-14-23)25-20(15-7-9-16(24-2)10-8-15)21-22-18-5-3-4-6-19(18)26-21/h3-10,17,20H,11-14H2,1-2H3. The Morgan fingerprint density at radius 2 is 1.81 bits per heavy atom. The molecule has 26 heavy (non-hydrogen) atoms. The van der Waals surface area contributed by atoms with Crippen LogP contribution < -0.4 is 4.74 Å². The Kier molecular flexibility index (Phi) is 5.20. The molecule has 1 aliphatic heterocycles. The number of piperidine rings is 1. The normalized spacial score (nSPS) is 17.5. The lowest BCUT2D eigenvalue weighted by Crippen LogP contribution is -2.35. The summed E-state index contributed by atoms with van der Waals surface area (Å²) in [5.74, 6) is 0.857. The number of hydrogen-bond donors (Lipinski definition) is 0. The molecule has 5 heteroatoms. The van der Waals surface area contributed by atoms with Gasteiger partial charge in [0.15, 0.2) is 0 Å². The van der Waals surface area contributed by atoms with Crippen LogP contribution in [0.5, 0.6) is 5.75 Å². The highest BCUT2D eigenvalue weighted by molar-refractivity contribution is 7.18. The molecule has 0 N–H and O–H groups in total. The van der Waals surface area contributed by atoms with E-state index in [-0.39, 0.29) is 12.2 Å². The van der Waals surface area contributed by atoms with Gasteiger partial charge < -0.3 is 14.4 Å². The highest BCUT2D eigenvalue weighted by Gasteiger charge is 2.26. The number of methoxy groups -OCH3 is 1. The number of rotatable bonds is 5. The Morgan fingerprint density at radius 3 is 2.50 bits per heavy atom. The van der Waals surface area contributed by atoms with Crippen LogP contribution in [0.25, 0.3) is 10.2 Å². The number of ether oxygens (including phenoxy) is 2. The zero-order chi connectivity index (χ0) is 17.9. The van der Waals surface area contributed by atoms with Crippen molar-refractivity contribution in [1.82, 2.24) is 9.88 Å². The molecule has 136 valence electrons. The fourth-order valence-electron chi connectivity index (χ4n) is 3.37. The summed E-state index contributed by atoms with van der Waals surface area (Å²) < 4.78 is 13.1. The van der Waals surface area contributed by atoms with Crippen molar-refractivity contribution in [2.75, 3.05) is 27.2 Å². The number of aromatic nitrogens is 1. The van der Waals surface area contributed by atoms with E-state index in [1.165, 1.54) is 4.70 Å². The maximum Gasteiger partial charge on any atom is 0.134 e. The van der Waals surface area contributed by atoms with E-state index in [0.717, 1.165) is 47.8 Å². The van der Waals surface area contributed by atoms with E-state index >= 15 is 0 Å². The third kappa shape index (κ3) is 3.75. The van der Waals surface area contributed by atoms with Crippen LogP contribution in [0.2, 0.25) is 0 Å². The Hall–Kier alpha value is -1.95. The molecule has 0 radical (unpaired) electrons. The highest BCUT2D eigenvalue weighted by Crippen LogP contribution is 2.35. The zero-order valence-corrected chi connectivity index (χ0v) is 16.0. The van der Waals surface area contributed by atoms with Crippen LogP contribution in [0.3, 0.4) is 0 Å². The average molecular weight is 369 g/mol. The fourth-order valence-corrected chi connectivity index (χ4v) is 4.41. The molecule has 1 saturated heterocycles. The van der Waals surface area contributed by atoms with Crippen molar-refractivity contribution < 1.29 is 9.47 Å². The summed E-state index contributed by atoms with van der Waals surface area (Å²) in [6, 6.07) is 16.4. The summed E-state index contributed by atoms with van der Waals surface area (Å²) in [7, 11) is 3.86. The lowest BCUT2D eigenvalue weighted by molar-refractivity contribution is -0.0234. The van der Waals surface area contributed by atoms with Crippen LogP contribution >= 0.6 is 11.3 Å². The van der Waals surface area contributed by atoms with Crippen molar-refractivity contribution >= 4 is 21.6 Å². The first kappa shape index (κ1) is 17.5. The highest BCUT2D eigenvalue weighted by atomic mass is 32.1. The molecule has 0 amide bonds. The molecule has 1 aliphatic rings. The molecule has 0 aliphatic carbocycles. The van der Waals surface area contributed by atoms with Gasteiger partial charge in [-0.2, -0.15) is 0 Å². The summed E-state index contributed by atoms with van der Waals surface area (Å²) in [5.41, 5.74) is 2.17. The number of fused-ring (bicyclic) bond motifs is 1. The van der Waals surface area contributed by atoms with Gasteiger partial charge in [0.05, 0.1) is 23.4 Å². The maximum atomic E-state index is 6.60. The van der Waals surface area contributed by atoms with Crippen molar-refractivity contribution in [3.05, 3.63) is 59.1 Å². The summed E-state index contributed by atoms with van der Waals surface area (Å²) in [4.78, 5) is 7.23. The van der Waals surface area contributed by atoms with Gasteiger partial charge in [-0.1, -0.05) is 24.3 Å². The Morgan fingerprint density at radius 1 is 1.08 bits per heavy atom. The molecule has 1 unspecified atom stereocenters. The van der Waals surface area contributed by atoms with E-state index in [9.17, 15) is 0 Å². The molecule has 4 rings (SSSR count). The molecule has 4 nitrogen and oxygen atoms in total. The van der Waals surface area contributed by atoms with Gasteiger partial charge in [-0.25, -0.2) is 4.98 Å². The van der Waals surface area contributed by atoms with Gasteiger partial charge in [0.2, 0.25) is 0 Å². The molecule has 0 saturated carbocycles. The molecule has 2 heterocycles. The van der Waals surface area contributed by atoms with Crippen molar-refractivity contribution in [3.8, 4) is 5.75 Å². The lowest BCUT2D eigenvalue weighted by Gasteiger charge is -2.31. The first-order chi connectivity index (χ1) is 12.7. The number of nitrogens with zero attached hydrogens (tertiary/aromatic N) is 2. The monoisotopic (exact) mass is 368 g/mol. The van der Waals surface area contributed by atoms with E-state index in [1.54, 1.807) is 18.4 Å². The SMILES string of the molecule is COc1ccc(C(OC2CCN(C)CC2)c2nc3ccccc3s2)cc1. The predicted octanol–water partition coefficient (Wildman–Crippen LogP) is 4.51. The summed E-state index contributed by atoms with van der Waals surface area (Å²) >= 11 is 1.72. The molecule has 0 bridgehead atoms. The first-order valence-electron chi connectivity index (χ1n) is 9.06. The van der Waals surface area contributed by atoms with Gasteiger partial charge in [-0.3, -0.25) is 0 Å². The van der Waals surface area contributed by atoms with E-state index in [1.807, 2.05) is 18.2 Å². The summed E-state index contributed by atoms with van der Waals surface area (Å²) in [6.45, 7) is 2.17. The van der Waals surface area contributed by atoms with Gasteiger partial charge >= 0.3 is 0 Å². The Bertz CT molecular complexity index is 821. The number of para-hydroxylation sites is 1. The largest absolute Gasteiger partial charge is 0.497 e. The third-order valence-electron chi connectivity index (χ3n) is 4.95. The average Bonchev–Trinajstić information content (AvgIpc) is 3.11. The summed E-state index contributed by atoms with van der Waals surface area (Å²) in [6.07, 6.45) is 2.26. The minimum atomic E-state index is -0.133. The predicted molar refractivity (Wildman–Crippen MR) is 106 cm³/mol. The van der Waals surface area contributed by atoms with Crippen molar-refractivity contribution in [1.29, 1.82) is 0 Å². The molecule has 2 aromatic carbocycles. The second-order valence-corrected chi connectivity index (χ2v) is 7.87. The van der Waals surface area contributed by atoms with E-state index in [0.29, 0.717) is 0 Å². The Balaban J connectivity index is 1.65. The van der Waals surface area contributed by atoms with Crippen molar-refractivity contribution in [2.45, 2.75) is 25.0 Å². The van der Waals surface area contributed by atoms with E-state index in [2.05, 4.69) is 42.3 Å². The molecular formula is C21H24N2O2S. The minimum absolute atomic E-state index is 0.133. The molecule has 1 fully saturated rings. The number of thiazole rings is 1. The number of hydrogen-bond acceptors (Lipinski definition) is 5. The third-order valence-corrected chi connectivity index (χ3v) is 6.03. The fraction of sp³-hybridized carbons (Fsp3) is 0.381. The van der Waals surface area contributed by atoms with Gasteiger partial charge in [0, 0.05) is 13.1 Å². The van der Waals surface area contributed by atoms with Crippen molar-refractivity contribution in [3.63, 3.8) is 0 Å². The van der Waals surface area contributed by atoms with Crippen LogP contribution in [-0.2, 0) is 4.74 Å². The summed E-state index contributed by atoms with van der Waals surface area (Å²) in [5, 5.41) is 1.02. The maximum absolute atomic E-state index is 6.60. The molecule has 0 spiro atoms. The molecular weight excluding hydrogens is 344 g/mol. The van der Waals surface area contributed by atoms with Gasteiger partial charge in [-0.15, -0.1) is 11.3 Å². The first-order valence-corrected chi connectivity index (χ1v) is 9.88. The van der Waals surface area contributed by atoms with Gasteiger partial charge in [-0.05, 0) is 49.7 Å². The molecule has 3 aromatic rings. The van der Waals surface area contributed by atoms with E-state index < -0.39 is 0 Å². The number of likely N-dealkylation sites (tertiary alicyclic amines) is 1. The van der Waals surface area contributed by atoms with Gasteiger partial charge in [0.1, 0.15) is 16.9 Å². The quantitative estimate of drug-likeness (QED) is 0.664.